The molecule has 3 aliphatic heterocycles. The number of nitrogens with zero attached hydrogens (tertiary/aromatic N) is 1. The molecule has 1 unspecified atom stereocenters. The maximum absolute atomic E-state index is 13.0. The highest BCUT2D eigenvalue weighted by Crippen LogP contribution is 2.30. The Kier molecular flexibility index (Phi) is 4.32. The molecule has 0 saturated carbocycles. The van der Waals surface area contributed by atoms with Gasteiger partial charge in [-0.1, -0.05) is 12.1 Å². The number of carbonyl (C=O) groups is 4. The molecule has 4 rings (SSSR count). The molecule has 0 bridgehead atoms. The van der Waals surface area contributed by atoms with E-state index in [0.29, 0.717) is 17.7 Å². The molecule has 1 aromatic carbocycles. The molecule has 0 aromatic heterocycles. The fourth-order valence-electron chi connectivity index (χ4n) is 4.01. The summed E-state index contributed by atoms with van der Waals surface area (Å²) in [7, 11) is 0. The van der Waals surface area contributed by atoms with Crippen LogP contribution in [0.4, 0.5) is 0 Å². The molecule has 27 heavy (non-hydrogen) atoms. The van der Waals surface area contributed by atoms with Crippen molar-refractivity contribution in [3.05, 3.63) is 34.9 Å². The van der Waals surface area contributed by atoms with Crippen LogP contribution >= 0.6 is 0 Å². The summed E-state index contributed by atoms with van der Waals surface area (Å²) < 4.78 is 0. The average molecular weight is 370 g/mol. The lowest BCUT2D eigenvalue weighted by Crippen LogP contribution is -2.54. The van der Waals surface area contributed by atoms with Gasteiger partial charge in [0, 0.05) is 25.0 Å². The van der Waals surface area contributed by atoms with Crippen molar-refractivity contribution in [2.45, 2.75) is 44.3 Å². The summed E-state index contributed by atoms with van der Waals surface area (Å²) in [6.45, 7) is 4.37. The normalized spacial score (nSPS) is 27.9. The predicted octanol–water partition coefficient (Wildman–Crippen LogP) is -0.0706. The SMILES string of the molecule is C[C@@]1(NCc2cccc3c2C(=O)N(C2CCC(=O)NC2=O)C3=O)CCNC1. The Morgan fingerprint density at radius 2 is 2.04 bits per heavy atom. The van der Waals surface area contributed by atoms with Crippen molar-refractivity contribution in [1.29, 1.82) is 0 Å². The van der Waals surface area contributed by atoms with Crippen LogP contribution in [0.2, 0.25) is 0 Å². The lowest BCUT2D eigenvalue weighted by atomic mass is 9.98. The standard InChI is InChI=1S/C19H22N4O4/c1-19(7-8-20-10-19)21-9-11-3-2-4-12-15(11)18(27)23(17(12)26)13-5-6-14(24)22-16(13)25/h2-4,13,20-21H,5-10H2,1H3,(H,22,24,25)/t13?,19-/m1/s1. The Balaban J connectivity index is 1.59. The first-order chi connectivity index (χ1) is 12.9. The van der Waals surface area contributed by atoms with Gasteiger partial charge in [0.25, 0.3) is 11.8 Å². The minimum absolute atomic E-state index is 0.0578. The zero-order valence-electron chi connectivity index (χ0n) is 15.1. The van der Waals surface area contributed by atoms with E-state index in [1.54, 1.807) is 12.1 Å². The molecular weight excluding hydrogens is 348 g/mol. The van der Waals surface area contributed by atoms with Crippen LogP contribution in [0.15, 0.2) is 18.2 Å². The lowest BCUT2D eigenvalue weighted by molar-refractivity contribution is -0.136. The summed E-state index contributed by atoms with van der Waals surface area (Å²) in [5.74, 6) is -1.90. The molecular formula is C19H22N4O4. The lowest BCUT2D eigenvalue weighted by Gasteiger charge is -2.28. The largest absolute Gasteiger partial charge is 0.315 e. The van der Waals surface area contributed by atoms with Crippen molar-refractivity contribution in [3.8, 4) is 0 Å². The number of hydrogen-bond acceptors (Lipinski definition) is 6. The quantitative estimate of drug-likeness (QED) is 0.641. The van der Waals surface area contributed by atoms with Crippen LogP contribution in [-0.4, -0.2) is 53.2 Å². The smallest absolute Gasteiger partial charge is 0.262 e. The van der Waals surface area contributed by atoms with E-state index >= 15 is 0 Å². The maximum Gasteiger partial charge on any atom is 0.262 e. The van der Waals surface area contributed by atoms with Crippen molar-refractivity contribution in [2.24, 2.45) is 0 Å². The summed E-state index contributed by atoms with van der Waals surface area (Å²) in [6, 6.07) is 4.26. The number of piperidine rings is 1. The summed E-state index contributed by atoms with van der Waals surface area (Å²) in [6.07, 6.45) is 1.26. The fourth-order valence-corrected chi connectivity index (χ4v) is 4.01. The van der Waals surface area contributed by atoms with Gasteiger partial charge in [-0.25, -0.2) is 0 Å². The van der Waals surface area contributed by atoms with Crippen molar-refractivity contribution in [2.75, 3.05) is 13.1 Å². The number of imide groups is 2. The topological polar surface area (TPSA) is 108 Å². The highest BCUT2D eigenvalue weighted by molar-refractivity contribution is 6.24. The molecule has 0 spiro atoms. The van der Waals surface area contributed by atoms with E-state index in [1.807, 2.05) is 6.07 Å². The van der Waals surface area contributed by atoms with Crippen molar-refractivity contribution >= 4 is 23.6 Å². The molecule has 8 nitrogen and oxygen atoms in total. The summed E-state index contributed by atoms with van der Waals surface area (Å²) in [4.78, 5) is 50.4. The number of nitrogens with one attached hydrogen (secondary N) is 3. The fraction of sp³-hybridized carbons (Fsp3) is 0.474. The zero-order valence-corrected chi connectivity index (χ0v) is 15.1. The van der Waals surface area contributed by atoms with Crippen LogP contribution in [0, 0.1) is 0 Å². The first-order valence-corrected chi connectivity index (χ1v) is 9.19. The second-order valence-electron chi connectivity index (χ2n) is 7.63. The monoisotopic (exact) mass is 370 g/mol. The number of hydrogen-bond donors (Lipinski definition) is 3. The second kappa shape index (κ2) is 6.54. The minimum atomic E-state index is -0.938. The van der Waals surface area contributed by atoms with Gasteiger partial charge in [0.15, 0.2) is 0 Å². The van der Waals surface area contributed by atoms with Crippen LogP contribution in [0.5, 0.6) is 0 Å². The van der Waals surface area contributed by atoms with Crippen LogP contribution in [0.1, 0.15) is 52.5 Å². The number of benzene rings is 1. The predicted molar refractivity (Wildman–Crippen MR) is 95.8 cm³/mol. The number of carbonyl (C=O) groups excluding carboxylic acids is 4. The van der Waals surface area contributed by atoms with Gasteiger partial charge in [-0.3, -0.25) is 29.4 Å². The summed E-state index contributed by atoms with van der Waals surface area (Å²) in [5.41, 5.74) is 1.36. The van der Waals surface area contributed by atoms with E-state index in [9.17, 15) is 19.2 Å². The van der Waals surface area contributed by atoms with Gasteiger partial charge in [0.05, 0.1) is 11.1 Å². The molecule has 8 heteroatoms. The van der Waals surface area contributed by atoms with Crippen LogP contribution in [-0.2, 0) is 16.1 Å². The number of fused-ring (bicyclic) bond motifs is 1. The molecule has 4 amide bonds. The molecule has 142 valence electrons. The highest BCUT2D eigenvalue weighted by Gasteiger charge is 2.45. The van der Waals surface area contributed by atoms with Crippen molar-refractivity contribution in [1.82, 2.24) is 20.9 Å². The molecule has 3 aliphatic rings. The average Bonchev–Trinajstić information content (AvgIpc) is 3.17. The Morgan fingerprint density at radius 1 is 1.22 bits per heavy atom. The summed E-state index contributed by atoms with van der Waals surface area (Å²) >= 11 is 0. The first-order valence-electron chi connectivity index (χ1n) is 9.19. The van der Waals surface area contributed by atoms with Gasteiger partial charge >= 0.3 is 0 Å². The number of rotatable bonds is 4. The second-order valence-corrected chi connectivity index (χ2v) is 7.63. The first kappa shape index (κ1) is 17.8. The molecule has 2 atom stereocenters. The van der Waals surface area contributed by atoms with Gasteiger partial charge in [0.2, 0.25) is 11.8 Å². The molecule has 3 N–H and O–H groups in total. The molecule has 3 heterocycles. The van der Waals surface area contributed by atoms with Crippen LogP contribution < -0.4 is 16.0 Å². The zero-order chi connectivity index (χ0) is 19.2. The third kappa shape index (κ3) is 3.04. The highest BCUT2D eigenvalue weighted by atomic mass is 16.2. The van der Waals surface area contributed by atoms with E-state index in [-0.39, 0.29) is 24.3 Å². The Morgan fingerprint density at radius 3 is 2.74 bits per heavy atom. The Bertz CT molecular complexity index is 844. The Hall–Kier alpha value is -2.58. The molecule has 1 aromatic rings. The van der Waals surface area contributed by atoms with Crippen LogP contribution in [0.3, 0.4) is 0 Å². The van der Waals surface area contributed by atoms with Gasteiger partial charge < -0.3 is 10.6 Å². The Labute approximate surface area is 156 Å². The van der Waals surface area contributed by atoms with E-state index in [4.69, 9.17) is 0 Å². The van der Waals surface area contributed by atoms with Crippen molar-refractivity contribution < 1.29 is 19.2 Å². The third-order valence-electron chi connectivity index (χ3n) is 5.63. The van der Waals surface area contributed by atoms with E-state index in [1.165, 1.54) is 0 Å². The summed E-state index contributed by atoms with van der Waals surface area (Å²) in [5, 5.41) is 9.00. The molecule has 2 fully saturated rings. The van der Waals surface area contributed by atoms with Crippen LogP contribution in [0.25, 0.3) is 0 Å². The van der Waals surface area contributed by atoms with E-state index in [0.717, 1.165) is 30.0 Å². The van der Waals surface area contributed by atoms with Gasteiger partial charge in [0.1, 0.15) is 6.04 Å². The van der Waals surface area contributed by atoms with Gasteiger partial charge in [-0.05, 0) is 37.9 Å². The van der Waals surface area contributed by atoms with Gasteiger partial charge in [-0.15, -0.1) is 0 Å². The molecule has 0 aliphatic carbocycles. The minimum Gasteiger partial charge on any atom is -0.315 e. The van der Waals surface area contributed by atoms with Crippen molar-refractivity contribution in [3.63, 3.8) is 0 Å². The molecule has 0 radical (unpaired) electrons. The third-order valence-corrected chi connectivity index (χ3v) is 5.63. The number of amides is 4. The van der Waals surface area contributed by atoms with E-state index in [2.05, 4.69) is 22.9 Å². The van der Waals surface area contributed by atoms with E-state index < -0.39 is 23.8 Å². The maximum atomic E-state index is 13.0. The molecule has 2 saturated heterocycles. The van der Waals surface area contributed by atoms with Gasteiger partial charge in [-0.2, -0.15) is 0 Å².